The molecule has 1 aliphatic carbocycles. The van der Waals surface area contributed by atoms with E-state index in [0.717, 1.165) is 10.6 Å². The Morgan fingerprint density at radius 2 is 2.03 bits per heavy atom. The summed E-state index contributed by atoms with van der Waals surface area (Å²) in [4.78, 5) is 34.2. The molecule has 3 heterocycles. The molecule has 29 heavy (non-hydrogen) atoms. The third-order valence-corrected chi connectivity index (χ3v) is 7.42. The van der Waals surface area contributed by atoms with Gasteiger partial charge in [0.25, 0.3) is 5.91 Å². The molecule has 0 bridgehead atoms. The number of hydrogen-bond acceptors (Lipinski definition) is 7. The molecule has 0 N–H and O–H groups in total. The van der Waals surface area contributed by atoms with E-state index in [-0.39, 0.29) is 17.5 Å². The Balaban J connectivity index is 1.57. The van der Waals surface area contributed by atoms with Gasteiger partial charge in [0.15, 0.2) is 5.69 Å². The minimum atomic E-state index is -3.69. The highest BCUT2D eigenvalue weighted by Crippen LogP contribution is 2.41. The minimum absolute atomic E-state index is 0.0878. The summed E-state index contributed by atoms with van der Waals surface area (Å²) in [5.41, 5.74) is 0.206. The number of fused-ring (bicyclic) bond motifs is 1. The molecular weight excluding hydrogens is 396 g/mol. The van der Waals surface area contributed by atoms with Gasteiger partial charge in [-0.25, -0.2) is 17.7 Å². The maximum Gasteiger partial charge on any atom is 0.276 e. The predicted molar refractivity (Wildman–Crippen MR) is 104 cm³/mol. The molecule has 0 unspecified atom stereocenters. The number of sulfonamides is 1. The van der Waals surface area contributed by atoms with Gasteiger partial charge in [0.1, 0.15) is 6.26 Å². The molecule has 2 aliphatic heterocycles. The summed E-state index contributed by atoms with van der Waals surface area (Å²) < 4.78 is 31.0. The van der Waals surface area contributed by atoms with Crippen molar-refractivity contribution in [2.24, 2.45) is 11.8 Å². The first-order chi connectivity index (χ1) is 13.6. The lowest BCUT2D eigenvalue weighted by Crippen LogP contribution is -2.44. The SMILES string of the molecule is CC(C)[C@@H]1C(=O)N(S(C)(=O)=O)[C@@H]2CCN(C(=O)c3coc(CN(C)C4CC4)n3)[C@H]21. The van der Waals surface area contributed by atoms with Gasteiger partial charge in [-0.3, -0.25) is 14.5 Å². The Morgan fingerprint density at radius 3 is 2.62 bits per heavy atom. The van der Waals surface area contributed by atoms with E-state index in [9.17, 15) is 18.0 Å². The molecule has 3 fully saturated rings. The van der Waals surface area contributed by atoms with Crippen LogP contribution in [0, 0.1) is 11.8 Å². The van der Waals surface area contributed by atoms with Gasteiger partial charge in [-0.05, 0) is 32.2 Å². The minimum Gasteiger partial charge on any atom is -0.447 e. The normalized spacial score (nSPS) is 27.4. The van der Waals surface area contributed by atoms with Crippen molar-refractivity contribution >= 4 is 21.8 Å². The number of likely N-dealkylation sites (tertiary alicyclic amines) is 1. The zero-order valence-corrected chi connectivity index (χ0v) is 18.1. The summed E-state index contributed by atoms with van der Waals surface area (Å²) in [6.45, 7) is 4.70. The average Bonchev–Trinajstić information content (AvgIpc) is 3.12. The summed E-state index contributed by atoms with van der Waals surface area (Å²) in [7, 11) is -1.69. The summed E-state index contributed by atoms with van der Waals surface area (Å²) in [6, 6.07) is -0.432. The molecule has 160 valence electrons. The van der Waals surface area contributed by atoms with Gasteiger partial charge in [0, 0.05) is 12.6 Å². The van der Waals surface area contributed by atoms with E-state index in [2.05, 4.69) is 9.88 Å². The average molecular weight is 425 g/mol. The number of carbonyl (C=O) groups is 2. The van der Waals surface area contributed by atoms with E-state index in [4.69, 9.17) is 4.42 Å². The molecule has 2 saturated heterocycles. The highest BCUT2D eigenvalue weighted by molar-refractivity contribution is 7.88. The number of rotatable bonds is 6. The van der Waals surface area contributed by atoms with Gasteiger partial charge < -0.3 is 9.32 Å². The number of hydrogen-bond donors (Lipinski definition) is 0. The van der Waals surface area contributed by atoms with Crippen molar-refractivity contribution in [1.29, 1.82) is 0 Å². The fourth-order valence-corrected chi connectivity index (χ4v) is 5.93. The van der Waals surface area contributed by atoms with E-state index in [0.29, 0.717) is 31.4 Å². The van der Waals surface area contributed by atoms with Gasteiger partial charge in [0.2, 0.25) is 21.8 Å². The van der Waals surface area contributed by atoms with E-state index in [1.165, 1.54) is 19.1 Å². The van der Waals surface area contributed by atoms with Crippen LogP contribution in [0.25, 0.3) is 0 Å². The second kappa shape index (κ2) is 7.09. The number of oxazole rings is 1. The van der Waals surface area contributed by atoms with E-state index >= 15 is 0 Å². The molecule has 2 amide bonds. The molecule has 4 rings (SSSR count). The van der Waals surface area contributed by atoms with E-state index in [1.54, 1.807) is 4.90 Å². The molecule has 1 aromatic heterocycles. The summed E-state index contributed by atoms with van der Waals surface area (Å²) in [5.74, 6) is -0.875. The van der Waals surface area contributed by atoms with Crippen molar-refractivity contribution in [1.82, 2.24) is 19.1 Å². The monoisotopic (exact) mass is 424 g/mol. The first-order valence-corrected chi connectivity index (χ1v) is 11.9. The van der Waals surface area contributed by atoms with Crippen LogP contribution in [0.4, 0.5) is 0 Å². The summed E-state index contributed by atoms with van der Waals surface area (Å²) in [6.07, 6.45) is 5.19. The number of nitrogens with zero attached hydrogens (tertiary/aromatic N) is 4. The number of amides is 2. The maximum atomic E-state index is 13.2. The van der Waals surface area contributed by atoms with Crippen molar-refractivity contribution in [3.63, 3.8) is 0 Å². The van der Waals surface area contributed by atoms with Crippen LogP contribution < -0.4 is 0 Å². The second-order valence-corrected chi connectivity index (χ2v) is 10.6. The van der Waals surface area contributed by atoms with E-state index < -0.39 is 33.9 Å². The van der Waals surface area contributed by atoms with Crippen molar-refractivity contribution in [3.05, 3.63) is 17.8 Å². The molecule has 0 radical (unpaired) electrons. The molecule has 1 aromatic rings. The van der Waals surface area contributed by atoms with Crippen molar-refractivity contribution < 1.29 is 22.4 Å². The van der Waals surface area contributed by atoms with Crippen LogP contribution in [0.15, 0.2) is 10.7 Å². The van der Waals surface area contributed by atoms with Crippen LogP contribution in [0.1, 0.15) is 49.5 Å². The lowest BCUT2D eigenvalue weighted by atomic mass is 9.88. The number of carbonyl (C=O) groups excluding carboxylic acids is 2. The Bertz CT molecular complexity index is 923. The van der Waals surface area contributed by atoms with Gasteiger partial charge in [-0.1, -0.05) is 13.8 Å². The van der Waals surface area contributed by atoms with Gasteiger partial charge in [-0.15, -0.1) is 0 Å². The van der Waals surface area contributed by atoms with Gasteiger partial charge in [0.05, 0.1) is 30.8 Å². The third-order valence-electron chi connectivity index (χ3n) is 6.25. The van der Waals surface area contributed by atoms with Gasteiger partial charge in [-0.2, -0.15) is 0 Å². The van der Waals surface area contributed by atoms with Crippen LogP contribution in [0.2, 0.25) is 0 Å². The Hall–Kier alpha value is -1.94. The fraction of sp³-hybridized carbons (Fsp3) is 0.737. The first-order valence-electron chi connectivity index (χ1n) is 10.1. The van der Waals surface area contributed by atoms with Crippen LogP contribution >= 0.6 is 0 Å². The lowest BCUT2D eigenvalue weighted by Gasteiger charge is -2.28. The first kappa shape index (κ1) is 20.3. The van der Waals surface area contributed by atoms with Gasteiger partial charge >= 0.3 is 0 Å². The van der Waals surface area contributed by atoms with Crippen LogP contribution in [-0.4, -0.2) is 77.3 Å². The topological polar surface area (TPSA) is 104 Å². The highest BCUT2D eigenvalue weighted by Gasteiger charge is 2.58. The highest BCUT2D eigenvalue weighted by atomic mass is 32.2. The van der Waals surface area contributed by atoms with E-state index in [1.807, 2.05) is 20.9 Å². The molecule has 3 aliphatic rings. The Morgan fingerprint density at radius 1 is 1.34 bits per heavy atom. The molecule has 0 aromatic carbocycles. The molecule has 9 nitrogen and oxygen atoms in total. The zero-order chi connectivity index (χ0) is 21.1. The van der Waals surface area contributed by atoms with Crippen molar-refractivity contribution in [2.75, 3.05) is 19.8 Å². The van der Waals surface area contributed by atoms with Crippen molar-refractivity contribution in [3.8, 4) is 0 Å². The Labute approximate surface area is 171 Å². The quantitative estimate of drug-likeness (QED) is 0.669. The predicted octanol–water partition coefficient (Wildman–Crippen LogP) is 0.926. The Kier molecular flexibility index (Phi) is 4.97. The zero-order valence-electron chi connectivity index (χ0n) is 17.2. The molecule has 10 heteroatoms. The standard InChI is InChI=1S/C19H28N4O5S/c1-11(2)16-17-14(23(19(16)25)29(4,26)27)7-8-22(17)18(24)13-10-28-15(20-13)9-21(3)12-5-6-12/h10-12,14,16-17H,5-9H2,1-4H3/t14-,16+,17-/m1/s1. The molecule has 3 atom stereocenters. The smallest absolute Gasteiger partial charge is 0.276 e. The second-order valence-electron chi connectivity index (χ2n) is 8.78. The number of aromatic nitrogens is 1. The fourth-order valence-electron chi connectivity index (χ4n) is 4.76. The van der Waals surface area contributed by atoms with Crippen LogP contribution in [0.5, 0.6) is 0 Å². The van der Waals surface area contributed by atoms with Crippen molar-refractivity contribution in [2.45, 2.75) is 57.8 Å². The molecular formula is C19H28N4O5S. The molecule has 1 saturated carbocycles. The maximum absolute atomic E-state index is 13.2. The summed E-state index contributed by atoms with van der Waals surface area (Å²) in [5, 5.41) is 0. The van der Waals surface area contributed by atoms with Crippen LogP contribution in [-0.2, 0) is 21.4 Å². The largest absolute Gasteiger partial charge is 0.447 e. The lowest BCUT2D eigenvalue weighted by molar-refractivity contribution is -0.129. The summed E-state index contributed by atoms with van der Waals surface area (Å²) >= 11 is 0. The molecule has 0 spiro atoms. The van der Waals surface area contributed by atoms with Crippen LogP contribution in [0.3, 0.4) is 0 Å². The third kappa shape index (κ3) is 3.56.